The number of H-pyrrole nitrogens is 1. The minimum atomic E-state index is 0.0577. The van der Waals surface area contributed by atoms with E-state index in [0.717, 1.165) is 22.1 Å². The van der Waals surface area contributed by atoms with Gasteiger partial charge in [-0.15, -0.1) is 0 Å². The highest BCUT2D eigenvalue weighted by Gasteiger charge is 2.20. The fourth-order valence-electron chi connectivity index (χ4n) is 3.29. The van der Waals surface area contributed by atoms with Gasteiger partial charge in [-0.2, -0.15) is 5.26 Å². The smallest absolute Gasteiger partial charge is 0.234 e. The van der Waals surface area contributed by atoms with Crippen LogP contribution in [0.5, 0.6) is 11.5 Å². The number of nitrogen functional groups attached to an aromatic ring is 2. The normalized spacial score (nSPS) is 12.2. The van der Waals surface area contributed by atoms with Crippen molar-refractivity contribution >= 4 is 22.7 Å². The number of anilines is 2. The standard InChI is InChI=1S/C19H13N7O2/c20-6-16-25-18(9-1-2-12-13(3-9)28-8-27-12)17-11(7-23-19(17)26-16)10-4-14(21)24-15(22)5-10/h1-5,7H,8H2,(H4,21,22,24)(H,23,25,26). The van der Waals surface area contributed by atoms with Crippen LogP contribution in [-0.4, -0.2) is 26.7 Å². The third-order valence-corrected chi connectivity index (χ3v) is 4.45. The van der Waals surface area contributed by atoms with Crippen molar-refractivity contribution in [3.05, 3.63) is 42.4 Å². The molecule has 0 spiro atoms. The van der Waals surface area contributed by atoms with E-state index < -0.39 is 0 Å². The number of rotatable bonds is 2. The molecule has 0 unspecified atom stereocenters. The third kappa shape index (κ3) is 2.44. The molecule has 4 heterocycles. The van der Waals surface area contributed by atoms with E-state index in [2.05, 4.69) is 19.9 Å². The lowest BCUT2D eigenvalue weighted by Gasteiger charge is -2.08. The van der Waals surface area contributed by atoms with Crippen LogP contribution in [0.25, 0.3) is 33.4 Å². The van der Waals surface area contributed by atoms with Gasteiger partial charge in [0.25, 0.3) is 0 Å². The maximum absolute atomic E-state index is 9.35. The lowest BCUT2D eigenvalue weighted by Crippen LogP contribution is -1.97. The number of pyridine rings is 1. The molecular formula is C19H13N7O2. The topological polar surface area (TPSA) is 149 Å². The monoisotopic (exact) mass is 371 g/mol. The van der Waals surface area contributed by atoms with Crippen LogP contribution in [-0.2, 0) is 0 Å². The molecule has 9 nitrogen and oxygen atoms in total. The lowest BCUT2D eigenvalue weighted by molar-refractivity contribution is 0.174. The minimum Gasteiger partial charge on any atom is -0.454 e. The lowest BCUT2D eigenvalue weighted by atomic mass is 10.0. The van der Waals surface area contributed by atoms with Crippen molar-refractivity contribution in [2.75, 3.05) is 18.3 Å². The highest BCUT2D eigenvalue weighted by Crippen LogP contribution is 2.40. The molecule has 1 aliphatic rings. The maximum Gasteiger partial charge on any atom is 0.234 e. The number of nitrogens with one attached hydrogen (secondary N) is 1. The van der Waals surface area contributed by atoms with Crippen molar-refractivity contribution in [2.45, 2.75) is 0 Å². The molecular weight excluding hydrogens is 358 g/mol. The van der Waals surface area contributed by atoms with Crippen molar-refractivity contribution in [3.63, 3.8) is 0 Å². The Kier molecular flexibility index (Phi) is 3.32. The number of benzene rings is 1. The molecule has 3 aromatic heterocycles. The Morgan fingerprint density at radius 1 is 0.964 bits per heavy atom. The van der Waals surface area contributed by atoms with Crippen molar-refractivity contribution in [1.82, 2.24) is 19.9 Å². The van der Waals surface area contributed by atoms with Gasteiger partial charge in [0, 0.05) is 17.3 Å². The molecule has 0 saturated carbocycles. The zero-order valence-electron chi connectivity index (χ0n) is 14.4. The first kappa shape index (κ1) is 15.9. The maximum atomic E-state index is 9.35. The number of aromatic amines is 1. The quantitative estimate of drug-likeness (QED) is 0.486. The molecule has 0 amide bonds. The fraction of sp³-hybridized carbons (Fsp3) is 0.0526. The average molecular weight is 371 g/mol. The van der Waals surface area contributed by atoms with E-state index in [1.807, 2.05) is 24.3 Å². The summed E-state index contributed by atoms with van der Waals surface area (Å²) < 4.78 is 10.9. The molecule has 9 heteroatoms. The van der Waals surface area contributed by atoms with Crippen LogP contribution in [0.3, 0.4) is 0 Å². The van der Waals surface area contributed by atoms with Gasteiger partial charge in [0.2, 0.25) is 12.6 Å². The molecule has 5 rings (SSSR count). The number of hydrogen-bond acceptors (Lipinski definition) is 8. The Hall–Kier alpha value is -4.32. The van der Waals surface area contributed by atoms with E-state index in [0.29, 0.717) is 34.5 Å². The van der Waals surface area contributed by atoms with Crippen molar-refractivity contribution < 1.29 is 9.47 Å². The molecule has 1 aromatic carbocycles. The van der Waals surface area contributed by atoms with Crippen molar-refractivity contribution in [3.8, 4) is 40.0 Å². The number of aromatic nitrogens is 4. The van der Waals surface area contributed by atoms with Gasteiger partial charge in [0.15, 0.2) is 11.5 Å². The van der Waals surface area contributed by atoms with E-state index in [9.17, 15) is 5.26 Å². The Morgan fingerprint density at radius 2 is 1.75 bits per heavy atom. The number of nitrogens with zero attached hydrogens (tertiary/aromatic N) is 4. The molecule has 28 heavy (non-hydrogen) atoms. The molecule has 5 N–H and O–H groups in total. The first-order chi connectivity index (χ1) is 13.6. The SMILES string of the molecule is N#Cc1nc(-c2ccc3c(c2)OCO3)c2c(-c3cc(N)nc(N)c3)c[nH]c2n1. The van der Waals surface area contributed by atoms with E-state index in [1.54, 1.807) is 18.3 Å². The van der Waals surface area contributed by atoms with E-state index in [4.69, 9.17) is 20.9 Å². The summed E-state index contributed by atoms with van der Waals surface area (Å²) in [7, 11) is 0. The van der Waals surface area contributed by atoms with Crippen molar-refractivity contribution in [1.29, 1.82) is 5.26 Å². The van der Waals surface area contributed by atoms with Gasteiger partial charge in [-0.25, -0.2) is 15.0 Å². The van der Waals surface area contributed by atoms with Gasteiger partial charge in [0.1, 0.15) is 23.4 Å². The molecule has 0 fully saturated rings. The van der Waals surface area contributed by atoms with Gasteiger partial charge in [-0.1, -0.05) is 0 Å². The molecule has 136 valence electrons. The minimum absolute atomic E-state index is 0.0577. The molecule has 0 atom stereocenters. The summed E-state index contributed by atoms with van der Waals surface area (Å²) in [6.45, 7) is 0.173. The second-order valence-corrected chi connectivity index (χ2v) is 6.21. The number of hydrogen-bond donors (Lipinski definition) is 3. The predicted molar refractivity (Wildman–Crippen MR) is 102 cm³/mol. The summed E-state index contributed by atoms with van der Waals surface area (Å²) in [6.07, 6.45) is 1.78. The number of nitriles is 1. The van der Waals surface area contributed by atoms with Crippen molar-refractivity contribution in [2.24, 2.45) is 0 Å². The zero-order chi connectivity index (χ0) is 19.3. The highest BCUT2D eigenvalue weighted by atomic mass is 16.7. The van der Waals surface area contributed by atoms with Crippen LogP contribution in [0.4, 0.5) is 11.6 Å². The van der Waals surface area contributed by atoms with Crippen LogP contribution in [0.2, 0.25) is 0 Å². The van der Waals surface area contributed by atoms with Gasteiger partial charge >= 0.3 is 0 Å². The van der Waals surface area contributed by atoms with Gasteiger partial charge in [-0.05, 0) is 35.9 Å². The summed E-state index contributed by atoms with van der Waals surface area (Å²) in [5.41, 5.74) is 15.2. The third-order valence-electron chi connectivity index (χ3n) is 4.45. The molecule has 0 radical (unpaired) electrons. The van der Waals surface area contributed by atoms with Crippen LogP contribution < -0.4 is 20.9 Å². The average Bonchev–Trinajstić information content (AvgIpc) is 3.32. The van der Waals surface area contributed by atoms with Crippen LogP contribution in [0.15, 0.2) is 36.5 Å². The number of fused-ring (bicyclic) bond motifs is 2. The summed E-state index contributed by atoms with van der Waals surface area (Å²) in [4.78, 5) is 15.8. The zero-order valence-corrected chi connectivity index (χ0v) is 14.4. The second kappa shape index (κ2) is 5.85. The predicted octanol–water partition coefficient (Wildman–Crippen LogP) is 2.45. The summed E-state index contributed by atoms with van der Waals surface area (Å²) >= 11 is 0. The molecule has 0 bridgehead atoms. The first-order valence-electron chi connectivity index (χ1n) is 8.35. The summed E-state index contributed by atoms with van der Waals surface area (Å²) in [5.74, 6) is 1.96. The first-order valence-corrected chi connectivity index (χ1v) is 8.35. The second-order valence-electron chi connectivity index (χ2n) is 6.21. The van der Waals surface area contributed by atoms with Crippen LogP contribution in [0, 0.1) is 11.3 Å². The Balaban J connectivity index is 1.80. The van der Waals surface area contributed by atoms with E-state index in [-0.39, 0.29) is 12.6 Å². The number of nitrogens with two attached hydrogens (primary N) is 2. The van der Waals surface area contributed by atoms with Gasteiger partial charge in [-0.3, -0.25) is 0 Å². The molecule has 1 aliphatic heterocycles. The van der Waals surface area contributed by atoms with Gasteiger partial charge < -0.3 is 25.9 Å². The van der Waals surface area contributed by atoms with Crippen LogP contribution in [0.1, 0.15) is 5.82 Å². The Morgan fingerprint density at radius 3 is 2.54 bits per heavy atom. The highest BCUT2D eigenvalue weighted by molar-refractivity contribution is 6.03. The Bertz CT molecular complexity index is 1270. The largest absolute Gasteiger partial charge is 0.454 e. The summed E-state index contributed by atoms with van der Waals surface area (Å²) in [5, 5.41) is 10.1. The van der Waals surface area contributed by atoms with E-state index in [1.165, 1.54) is 0 Å². The number of ether oxygens (including phenoxy) is 2. The molecule has 4 aromatic rings. The molecule has 0 saturated heterocycles. The molecule has 0 aliphatic carbocycles. The van der Waals surface area contributed by atoms with Crippen LogP contribution >= 0.6 is 0 Å². The van der Waals surface area contributed by atoms with Gasteiger partial charge in [0.05, 0.1) is 11.1 Å². The fourth-order valence-corrected chi connectivity index (χ4v) is 3.29. The van der Waals surface area contributed by atoms with E-state index >= 15 is 0 Å². The Labute approximate surface area is 158 Å². The summed E-state index contributed by atoms with van der Waals surface area (Å²) in [6, 6.07) is 11.0.